The molecule has 0 unspecified atom stereocenters. The van der Waals surface area contributed by atoms with E-state index in [1.54, 1.807) is 11.7 Å². The predicted molar refractivity (Wildman–Crippen MR) is 70.3 cm³/mol. The van der Waals surface area contributed by atoms with Gasteiger partial charge in [0.05, 0.1) is 11.5 Å². The third kappa shape index (κ3) is 1.67. The fourth-order valence-electron chi connectivity index (χ4n) is 2.23. The number of aromatic amines is 1. The Bertz CT molecular complexity index is 664. The van der Waals surface area contributed by atoms with Gasteiger partial charge in [-0.2, -0.15) is 0 Å². The van der Waals surface area contributed by atoms with Crippen LogP contribution in [0.1, 0.15) is 18.9 Å². The van der Waals surface area contributed by atoms with Gasteiger partial charge in [0.25, 0.3) is 5.56 Å². The number of nitrogens with zero attached hydrogens (tertiary/aromatic N) is 1. The highest BCUT2D eigenvalue weighted by atomic mass is 32.1. The minimum Gasteiger partial charge on any atom is -0.381 e. The number of methoxy groups -OCH3 is 1. The Labute approximate surface area is 107 Å². The number of hydrogen-bond acceptors (Lipinski definition) is 4. The Kier molecular flexibility index (Phi) is 2.65. The van der Waals surface area contributed by atoms with E-state index in [9.17, 15) is 4.79 Å². The molecule has 1 aliphatic rings. The van der Waals surface area contributed by atoms with Crippen LogP contribution in [0, 0.1) is 4.77 Å². The first-order chi connectivity index (χ1) is 8.20. The molecule has 0 radical (unpaired) electrons. The molecular formula is C11H12N2O2S2. The quantitative estimate of drug-likeness (QED) is 0.851. The van der Waals surface area contributed by atoms with Crippen molar-refractivity contribution in [2.45, 2.75) is 25.0 Å². The van der Waals surface area contributed by atoms with Crippen molar-refractivity contribution < 1.29 is 4.74 Å². The van der Waals surface area contributed by atoms with Crippen molar-refractivity contribution in [1.29, 1.82) is 0 Å². The molecule has 0 aliphatic heterocycles. The van der Waals surface area contributed by atoms with E-state index in [4.69, 9.17) is 17.0 Å². The van der Waals surface area contributed by atoms with Crippen LogP contribution in [0.15, 0.2) is 16.2 Å². The molecule has 17 heavy (non-hydrogen) atoms. The lowest BCUT2D eigenvalue weighted by atomic mass is 9.89. The highest BCUT2D eigenvalue weighted by Gasteiger charge is 2.32. The number of ether oxygens (including phenoxy) is 1. The van der Waals surface area contributed by atoms with E-state index in [1.165, 1.54) is 11.3 Å². The molecule has 2 aromatic rings. The maximum Gasteiger partial charge on any atom is 0.263 e. The first-order valence-corrected chi connectivity index (χ1v) is 6.74. The molecule has 0 bridgehead atoms. The van der Waals surface area contributed by atoms with Crippen molar-refractivity contribution in [3.05, 3.63) is 26.6 Å². The first kappa shape index (κ1) is 11.1. The van der Waals surface area contributed by atoms with Crippen LogP contribution in [0.25, 0.3) is 10.2 Å². The van der Waals surface area contributed by atoms with Crippen LogP contribution in [0.2, 0.25) is 0 Å². The van der Waals surface area contributed by atoms with E-state index in [0.717, 1.165) is 23.1 Å². The summed E-state index contributed by atoms with van der Waals surface area (Å²) < 4.78 is 7.44. The smallest absolute Gasteiger partial charge is 0.263 e. The van der Waals surface area contributed by atoms with Gasteiger partial charge in [0.15, 0.2) is 4.77 Å². The summed E-state index contributed by atoms with van der Waals surface area (Å²) in [6.07, 6.45) is 1.99. The largest absolute Gasteiger partial charge is 0.381 e. The Balaban J connectivity index is 2.11. The lowest BCUT2D eigenvalue weighted by molar-refractivity contribution is 0.00461. The Hall–Kier alpha value is -0.980. The number of hydrogen-bond donors (Lipinski definition) is 1. The summed E-state index contributed by atoms with van der Waals surface area (Å²) in [5.41, 5.74) is 0.0181. The molecule has 0 amide bonds. The molecule has 1 saturated carbocycles. The molecule has 0 saturated heterocycles. The van der Waals surface area contributed by atoms with E-state index in [2.05, 4.69) is 4.98 Å². The molecule has 1 N–H and O–H groups in total. The third-order valence-corrected chi connectivity index (χ3v) is 4.45. The van der Waals surface area contributed by atoms with Crippen molar-refractivity contribution in [2.75, 3.05) is 7.11 Å². The van der Waals surface area contributed by atoms with Crippen LogP contribution in [0.5, 0.6) is 0 Å². The zero-order valence-corrected chi connectivity index (χ0v) is 10.9. The van der Waals surface area contributed by atoms with E-state index in [1.807, 2.05) is 11.4 Å². The van der Waals surface area contributed by atoms with Crippen LogP contribution in [-0.4, -0.2) is 22.8 Å². The van der Waals surface area contributed by atoms with Crippen LogP contribution >= 0.6 is 23.6 Å². The van der Waals surface area contributed by atoms with Crippen molar-refractivity contribution in [3.63, 3.8) is 0 Å². The molecule has 90 valence electrons. The molecule has 0 spiro atoms. The zero-order valence-electron chi connectivity index (χ0n) is 9.30. The van der Waals surface area contributed by atoms with Gasteiger partial charge in [-0.25, -0.2) is 0 Å². The molecule has 3 rings (SSSR count). The summed E-state index contributed by atoms with van der Waals surface area (Å²) in [6, 6.07) is 2.02. The Morgan fingerprint density at radius 3 is 3.06 bits per heavy atom. The summed E-state index contributed by atoms with van der Waals surface area (Å²) >= 11 is 6.76. The average molecular weight is 268 g/mol. The average Bonchev–Trinajstić information content (AvgIpc) is 2.69. The lowest BCUT2D eigenvalue weighted by Gasteiger charge is -2.35. The highest BCUT2D eigenvalue weighted by molar-refractivity contribution is 7.71. The molecule has 1 aliphatic carbocycles. The second-order valence-corrected chi connectivity index (χ2v) is 5.55. The van der Waals surface area contributed by atoms with E-state index < -0.39 is 0 Å². The van der Waals surface area contributed by atoms with Crippen LogP contribution in [0.3, 0.4) is 0 Å². The van der Waals surface area contributed by atoms with Crippen LogP contribution < -0.4 is 5.56 Å². The van der Waals surface area contributed by atoms with E-state index >= 15 is 0 Å². The van der Waals surface area contributed by atoms with Gasteiger partial charge in [0.1, 0.15) is 4.83 Å². The highest BCUT2D eigenvalue weighted by Crippen LogP contribution is 2.33. The van der Waals surface area contributed by atoms with Crippen molar-refractivity contribution in [2.24, 2.45) is 0 Å². The van der Waals surface area contributed by atoms with Gasteiger partial charge in [-0.15, -0.1) is 11.3 Å². The summed E-state index contributed by atoms with van der Waals surface area (Å²) in [4.78, 5) is 16.3. The van der Waals surface area contributed by atoms with E-state index in [-0.39, 0.29) is 17.7 Å². The fourth-order valence-corrected chi connectivity index (χ4v) is 3.40. The standard InChI is InChI=1S/C11H12N2O2S2/c1-15-7-4-6(5-7)13-10(14)8-2-3-17-9(8)12-11(13)16/h2-3,6-7H,4-5H2,1H3,(H,12,16). The fraction of sp³-hybridized carbons (Fsp3) is 0.455. The minimum absolute atomic E-state index is 0.0181. The molecule has 4 nitrogen and oxygen atoms in total. The summed E-state index contributed by atoms with van der Waals surface area (Å²) in [6.45, 7) is 0. The van der Waals surface area contributed by atoms with Gasteiger partial charge in [0, 0.05) is 13.2 Å². The summed E-state index contributed by atoms with van der Waals surface area (Å²) in [7, 11) is 1.70. The number of fused-ring (bicyclic) bond motifs is 1. The second kappa shape index (κ2) is 4.04. The number of nitrogens with one attached hydrogen (secondary N) is 1. The van der Waals surface area contributed by atoms with Gasteiger partial charge < -0.3 is 9.72 Å². The van der Waals surface area contributed by atoms with Gasteiger partial charge in [-0.3, -0.25) is 9.36 Å². The van der Waals surface area contributed by atoms with Crippen LogP contribution in [0.4, 0.5) is 0 Å². The lowest BCUT2D eigenvalue weighted by Crippen LogP contribution is -2.38. The SMILES string of the molecule is COC1CC(n2c(=S)[nH]c3sccc3c2=O)C1. The molecule has 0 aromatic carbocycles. The molecule has 6 heteroatoms. The molecule has 0 atom stereocenters. The number of aromatic nitrogens is 2. The predicted octanol–water partition coefficient (Wildman–Crippen LogP) is 2.47. The molecule has 2 aromatic heterocycles. The van der Waals surface area contributed by atoms with Crippen molar-refractivity contribution in [1.82, 2.24) is 9.55 Å². The van der Waals surface area contributed by atoms with Crippen molar-refractivity contribution in [3.8, 4) is 0 Å². The van der Waals surface area contributed by atoms with Crippen molar-refractivity contribution >= 4 is 33.8 Å². The maximum absolute atomic E-state index is 12.3. The molecular weight excluding hydrogens is 256 g/mol. The van der Waals surface area contributed by atoms with Gasteiger partial charge in [0.2, 0.25) is 0 Å². The number of thiophene rings is 1. The van der Waals surface area contributed by atoms with Crippen LogP contribution in [-0.2, 0) is 4.74 Å². The van der Waals surface area contributed by atoms with Gasteiger partial charge in [-0.05, 0) is 36.5 Å². The molecule has 1 fully saturated rings. The topological polar surface area (TPSA) is 47.0 Å². The minimum atomic E-state index is 0.0181. The summed E-state index contributed by atoms with van der Waals surface area (Å²) in [5.74, 6) is 0. The summed E-state index contributed by atoms with van der Waals surface area (Å²) in [5, 5.41) is 2.63. The zero-order chi connectivity index (χ0) is 12.0. The van der Waals surface area contributed by atoms with Gasteiger partial charge >= 0.3 is 0 Å². The number of rotatable bonds is 2. The van der Waals surface area contributed by atoms with E-state index in [0.29, 0.717) is 4.77 Å². The first-order valence-electron chi connectivity index (χ1n) is 5.45. The molecule has 2 heterocycles. The monoisotopic (exact) mass is 268 g/mol. The second-order valence-electron chi connectivity index (χ2n) is 4.25. The Morgan fingerprint density at radius 2 is 2.35 bits per heavy atom. The number of H-pyrrole nitrogens is 1. The third-order valence-electron chi connectivity index (χ3n) is 3.32. The Morgan fingerprint density at radius 1 is 1.59 bits per heavy atom. The maximum atomic E-state index is 12.3. The normalized spacial score (nSPS) is 23.8. The van der Waals surface area contributed by atoms with Gasteiger partial charge in [-0.1, -0.05) is 0 Å².